The third-order valence-corrected chi connectivity index (χ3v) is 7.22. The van der Waals surface area contributed by atoms with Gasteiger partial charge in [0.25, 0.3) is 0 Å². The Morgan fingerprint density at radius 2 is 1.80 bits per heavy atom. The first-order valence-corrected chi connectivity index (χ1v) is 12.7. The quantitative estimate of drug-likeness (QED) is 0.543. The van der Waals surface area contributed by atoms with Crippen molar-refractivity contribution in [1.29, 1.82) is 0 Å². The smallest absolute Gasteiger partial charge is 0.139 e. The molecule has 0 bridgehead atoms. The normalized spacial score (nSPS) is 19.7. The highest BCUT2D eigenvalue weighted by Gasteiger charge is 2.32. The van der Waals surface area contributed by atoms with Gasteiger partial charge in [0.2, 0.25) is 0 Å². The number of carbonyl (C=O) groups excluding carboxylic acids is 1. The summed E-state index contributed by atoms with van der Waals surface area (Å²) in [7, 11) is 0. The lowest BCUT2D eigenvalue weighted by atomic mass is 9.84. The van der Waals surface area contributed by atoms with E-state index < -0.39 is 0 Å². The van der Waals surface area contributed by atoms with Crippen LogP contribution in [0.5, 0.6) is 0 Å². The summed E-state index contributed by atoms with van der Waals surface area (Å²) in [5.74, 6) is 0.0695. The predicted octanol–water partition coefficient (Wildman–Crippen LogP) is 6.20. The number of morpholine rings is 1. The number of nitrogens with one attached hydrogen (secondary N) is 1. The number of carbonyl (C=O) groups is 1. The Morgan fingerprint density at radius 1 is 1.06 bits per heavy atom. The first-order chi connectivity index (χ1) is 16.6. The molecule has 186 valence electrons. The van der Waals surface area contributed by atoms with Crippen LogP contribution in [0.3, 0.4) is 0 Å². The van der Waals surface area contributed by atoms with Crippen LogP contribution in [0, 0.1) is 25.2 Å². The maximum absolute atomic E-state index is 12.2. The summed E-state index contributed by atoms with van der Waals surface area (Å²) in [5, 5.41) is 3.45. The minimum absolute atomic E-state index is 0.0550. The molecule has 1 atom stereocenters. The molecule has 2 aromatic carbocycles. The number of allylic oxidation sites excluding steroid dienone is 2. The average Bonchev–Trinajstić information content (AvgIpc) is 3.26. The van der Waals surface area contributed by atoms with Gasteiger partial charge in [-0.25, -0.2) is 0 Å². The fraction of sp³-hybridized carbons (Fsp3) is 0.467. The highest BCUT2D eigenvalue weighted by Crippen LogP contribution is 2.36. The van der Waals surface area contributed by atoms with Crippen LogP contribution in [0.15, 0.2) is 53.0 Å². The molecule has 35 heavy (non-hydrogen) atoms. The van der Waals surface area contributed by atoms with E-state index >= 15 is 0 Å². The van der Waals surface area contributed by atoms with Crippen molar-refractivity contribution < 1.29 is 9.53 Å². The largest absolute Gasteiger partial charge is 0.378 e. The van der Waals surface area contributed by atoms with E-state index in [1.54, 1.807) is 6.92 Å². The highest BCUT2D eigenvalue weighted by molar-refractivity contribution is 6.12. The number of ether oxygens (including phenoxy) is 1. The summed E-state index contributed by atoms with van der Waals surface area (Å²) >= 11 is 0. The average molecular weight is 474 g/mol. The molecular weight excluding hydrogens is 434 g/mol. The third-order valence-electron chi connectivity index (χ3n) is 7.22. The molecule has 0 radical (unpaired) electrons. The number of aliphatic imine (C=N–C) groups is 1. The van der Waals surface area contributed by atoms with Crippen LogP contribution in [-0.2, 0) is 9.53 Å². The second-order valence-corrected chi connectivity index (χ2v) is 10.8. The number of ketones is 1. The van der Waals surface area contributed by atoms with Crippen molar-refractivity contribution >= 4 is 22.9 Å². The summed E-state index contributed by atoms with van der Waals surface area (Å²) in [6.07, 6.45) is 2.92. The standard InChI is InChI=1S/C30H39N3O2/c1-20-7-8-24(31-19-32-29-17-23(30(4,5)6)16-28(29)22(3)34)18-27(20)26-10-9-25(15-21(26)2)33-11-13-35-14-12-33/h7-10,15,17-18,28,31H,11-14,16,19H2,1-6H3. The molecule has 4 rings (SSSR count). The Morgan fingerprint density at radius 3 is 2.46 bits per heavy atom. The zero-order valence-corrected chi connectivity index (χ0v) is 22.1. The van der Waals surface area contributed by atoms with Crippen LogP contribution in [0.4, 0.5) is 11.4 Å². The molecule has 1 fully saturated rings. The number of aryl methyl sites for hydroxylation is 2. The summed E-state index contributed by atoms with van der Waals surface area (Å²) in [6.45, 7) is 16.5. The number of anilines is 2. The molecule has 1 N–H and O–H groups in total. The van der Waals surface area contributed by atoms with Gasteiger partial charge in [0.1, 0.15) is 12.5 Å². The minimum atomic E-state index is -0.118. The molecule has 5 nitrogen and oxygen atoms in total. The van der Waals surface area contributed by atoms with Gasteiger partial charge in [0.15, 0.2) is 0 Å². The zero-order chi connectivity index (χ0) is 25.2. The van der Waals surface area contributed by atoms with Gasteiger partial charge in [0, 0.05) is 30.2 Å². The lowest BCUT2D eigenvalue weighted by Crippen LogP contribution is -2.36. The van der Waals surface area contributed by atoms with Crippen molar-refractivity contribution in [2.45, 2.75) is 48.0 Å². The van der Waals surface area contributed by atoms with Crippen molar-refractivity contribution in [3.05, 3.63) is 59.2 Å². The van der Waals surface area contributed by atoms with E-state index in [1.807, 2.05) is 0 Å². The molecule has 1 heterocycles. The van der Waals surface area contributed by atoms with Gasteiger partial charge >= 0.3 is 0 Å². The lowest BCUT2D eigenvalue weighted by Gasteiger charge is -2.29. The molecule has 5 heteroatoms. The van der Waals surface area contributed by atoms with Crippen LogP contribution in [0.25, 0.3) is 11.1 Å². The molecule has 0 amide bonds. The molecule has 1 unspecified atom stereocenters. The second kappa shape index (κ2) is 10.4. The van der Waals surface area contributed by atoms with Crippen LogP contribution >= 0.6 is 0 Å². The molecule has 0 spiro atoms. The Bertz CT molecular complexity index is 1150. The zero-order valence-electron chi connectivity index (χ0n) is 22.1. The molecular formula is C30H39N3O2. The van der Waals surface area contributed by atoms with Crippen molar-refractivity contribution in [3.8, 4) is 11.1 Å². The summed E-state index contributed by atoms with van der Waals surface area (Å²) in [5.41, 5.74) is 9.53. The maximum Gasteiger partial charge on any atom is 0.139 e. The molecule has 0 saturated carbocycles. The SMILES string of the molecule is CC(=O)C1CC(C(C)(C)C)=CC1=NCNc1ccc(C)c(-c2ccc(N3CCOCC3)cc2C)c1. The fourth-order valence-corrected chi connectivity index (χ4v) is 4.91. The molecule has 0 aromatic heterocycles. The number of rotatable bonds is 6. The van der Waals surface area contributed by atoms with E-state index in [9.17, 15) is 4.79 Å². The summed E-state index contributed by atoms with van der Waals surface area (Å²) in [4.78, 5) is 19.4. The number of hydrogen-bond donors (Lipinski definition) is 1. The van der Waals surface area contributed by atoms with Crippen molar-refractivity contribution in [3.63, 3.8) is 0 Å². The Hall–Kier alpha value is -2.92. The van der Waals surface area contributed by atoms with Crippen molar-refractivity contribution in [1.82, 2.24) is 0 Å². The van der Waals surface area contributed by atoms with Crippen molar-refractivity contribution in [2.24, 2.45) is 16.3 Å². The van der Waals surface area contributed by atoms with Crippen LogP contribution in [0.1, 0.15) is 45.2 Å². The molecule has 1 aliphatic heterocycles. The minimum Gasteiger partial charge on any atom is -0.378 e. The van der Waals surface area contributed by atoms with Gasteiger partial charge < -0.3 is 15.0 Å². The number of Topliss-reactive ketones (excluding diaryl/α,β-unsaturated/α-hetero) is 1. The molecule has 1 saturated heterocycles. The van der Waals surface area contributed by atoms with Crippen LogP contribution in [0.2, 0.25) is 0 Å². The molecule has 2 aromatic rings. The van der Waals surface area contributed by atoms with Crippen molar-refractivity contribution in [2.75, 3.05) is 43.2 Å². The number of nitrogens with zero attached hydrogens (tertiary/aromatic N) is 2. The van der Waals surface area contributed by atoms with Gasteiger partial charge in [-0.2, -0.15) is 0 Å². The van der Waals surface area contributed by atoms with E-state index in [-0.39, 0.29) is 17.1 Å². The van der Waals surface area contributed by atoms with Gasteiger partial charge in [-0.05, 0) is 85.2 Å². The molecule has 1 aliphatic carbocycles. The first kappa shape index (κ1) is 25.2. The lowest BCUT2D eigenvalue weighted by molar-refractivity contribution is -0.118. The Kier molecular flexibility index (Phi) is 7.46. The second-order valence-electron chi connectivity index (χ2n) is 10.8. The van der Waals surface area contributed by atoms with E-state index in [0.717, 1.165) is 44.1 Å². The van der Waals surface area contributed by atoms with Gasteiger partial charge in [0.05, 0.1) is 19.1 Å². The van der Waals surface area contributed by atoms with E-state index in [4.69, 9.17) is 9.73 Å². The number of benzene rings is 2. The fourth-order valence-electron chi connectivity index (χ4n) is 4.91. The molecule has 2 aliphatic rings. The monoisotopic (exact) mass is 473 g/mol. The Labute approximate surface area is 210 Å². The number of hydrogen-bond acceptors (Lipinski definition) is 5. The van der Waals surface area contributed by atoms with E-state index in [2.05, 4.69) is 87.3 Å². The van der Waals surface area contributed by atoms with E-state index in [1.165, 1.54) is 33.5 Å². The topological polar surface area (TPSA) is 53.9 Å². The van der Waals surface area contributed by atoms with Gasteiger partial charge in [-0.15, -0.1) is 0 Å². The van der Waals surface area contributed by atoms with E-state index in [0.29, 0.717) is 6.67 Å². The predicted molar refractivity (Wildman–Crippen MR) is 147 cm³/mol. The van der Waals surface area contributed by atoms with Gasteiger partial charge in [-0.1, -0.05) is 38.5 Å². The van der Waals surface area contributed by atoms with Crippen LogP contribution < -0.4 is 10.2 Å². The Balaban J connectivity index is 1.51. The maximum atomic E-state index is 12.2. The van der Waals surface area contributed by atoms with Crippen LogP contribution in [-0.4, -0.2) is 44.5 Å². The van der Waals surface area contributed by atoms with Gasteiger partial charge in [-0.3, -0.25) is 9.79 Å². The summed E-state index contributed by atoms with van der Waals surface area (Å²) < 4.78 is 5.50. The third kappa shape index (κ3) is 5.84. The summed E-state index contributed by atoms with van der Waals surface area (Å²) in [6, 6.07) is 13.2. The first-order valence-electron chi connectivity index (χ1n) is 12.7. The highest BCUT2D eigenvalue weighted by atomic mass is 16.5.